The SMILES string of the molecule is C[C@@H](NC(=O)c1nn(-c2ccc(Cl)cc2Cl)c2c1CN(CC(=O)O)CC2=Cc1ccc(F)cc1)c1ccccc1. The number of carboxylic acids is 1. The van der Waals surface area contributed by atoms with Crippen LogP contribution < -0.4 is 5.32 Å². The van der Waals surface area contributed by atoms with Gasteiger partial charge in [-0.05, 0) is 60.0 Å². The smallest absolute Gasteiger partial charge is 0.317 e. The standard InChI is InChI=1S/C30H25Cl2FN4O3/c1-18(20-5-3-2-4-6-20)34-30(40)28-24-16-36(17-27(38)39)15-21(13-19-7-10-23(33)11-8-19)29(24)37(35-28)26-12-9-22(31)14-25(26)32/h2-14,18H,15-17H2,1H3,(H,34,40)(H,38,39)/t18-/m1/s1. The van der Waals surface area contributed by atoms with Crippen LogP contribution in [0.4, 0.5) is 4.39 Å². The number of fused-ring (bicyclic) bond motifs is 1. The van der Waals surface area contributed by atoms with Gasteiger partial charge in [-0.2, -0.15) is 5.10 Å². The molecular weight excluding hydrogens is 554 g/mol. The van der Waals surface area contributed by atoms with Gasteiger partial charge >= 0.3 is 5.97 Å². The van der Waals surface area contributed by atoms with Crippen LogP contribution in [0.15, 0.2) is 72.8 Å². The largest absolute Gasteiger partial charge is 0.480 e. The molecular formula is C30H25Cl2FN4O3. The number of nitrogens with one attached hydrogen (secondary N) is 1. The minimum absolute atomic E-state index is 0.156. The van der Waals surface area contributed by atoms with Crippen LogP contribution in [0.25, 0.3) is 17.3 Å². The Kier molecular flexibility index (Phi) is 8.02. The number of carbonyl (C=O) groups excluding carboxylic acids is 1. The number of halogens is 3. The van der Waals surface area contributed by atoms with E-state index in [-0.39, 0.29) is 37.2 Å². The second-order valence-electron chi connectivity index (χ2n) is 9.55. The minimum atomic E-state index is -0.999. The van der Waals surface area contributed by atoms with Crippen LogP contribution >= 0.6 is 23.2 Å². The molecule has 2 N–H and O–H groups in total. The molecule has 1 aromatic heterocycles. The molecule has 1 amide bonds. The highest BCUT2D eigenvalue weighted by atomic mass is 35.5. The number of hydrogen-bond acceptors (Lipinski definition) is 4. The van der Waals surface area contributed by atoms with Crippen LogP contribution in [0.2, 0.25) is 10.0 Å². The highest BCUT2D eigenvalue weighted by molar-refractivity contribution is 6.35. The summed E-state index contributed by atoms with van der Waals surface area (Å²) in [7, 11) is 0. The number of nitrogens with zero attached hydrogens (tertiary/aromatic N) is 3. The summed E-state index contributed by atoms with van der Waals surface area (Å²) in [6.07, 6.45) is 1.84. The van der Waals surface area contributed by atoms with E-state index in [1.54, 1.807) is 39.9 Å². The quantitative estimate of drug-likeness (QED) is 0.270. The maximum absolute atomic E-state index is 13.7. The van der Waals surface area contributed by atoms with Gasteiger partial charge in [0.25, 0.3) is 5.91 Å². The summed E-state index contributed by atoms with van der Waals surface area (Å²) in [4.78, 5) is 27.1. The lowest BCUT2D eigenvalue weighted by Crippen LogP contribution is -2.35. The first kappa shape index (κ1) is 27.6. The van der Waals surface area contributed by atoms with Crippen molar-refractivity contribution in [2.45, 2.75) is 19.5 Å². The number of aliphatic carboxylic acids is 1. The molecule has 0 fully saturated rings. The number of hydrogen-bond donors (Lipinski definition) is 2. The predicted molar refractivity (Wildman–Crippen MR) is 153 cm³/mol. The van der Waals surface area contributed by atoms with Gasteiger partial charge in [0.15, 0.2) is 5.69 Å². The van der Waals surface area contributed by atoms with Crippen LogP contribution in [0, 0.1) is 5.82 Å². The summed E-state index contributed by atoms with van der Waals surface area (Å²) < 4.78 is 15.2. The molecule has 0 bridgehead atoms. The van der Waals surface area contributed by atoms with Crippen molar-refractivity contribution < 1.29 is 19.1 Å². The molecule has 0 radical (unpaired) electrons. The first-order chi connectivity index (χ1) is 19.2. The predicted octanol–water partition coefficient (Wildman–Crippen LogP) is 6.25. The Morgan fingerprint density at radius 1 is 1.07 bits per heavy atom. The molecule has 7 nitrogen and oxygen atoms in total. The monoisotopic (exact) mass is 578 g/mol. The zero-order valence-corrected chi connectivity index (χ0v) is 23.0. The first-order valence-electron chi connectivity index (χ1n) is 12.5. The molecule has 1 aliphatic heterocycles. The van der Waals surface area contributed by atoms with Gasteiger partial charge in [-0.1, -0.05) is 65.7 Å². The van der Waals surface area contributed by atoms with Crippen LogP contribution in [-0.2, 0) is 11.3 Å². The van der Waals surface area contributed by atoms with Crippen molar-refractivity contribution in [3.05, 3.63) is 117 Å². The fourth-order valence-electron chi connectivity index (χ4n) is 4.80. The third kappa shape index (κ3) is 5.94. The molecule has 40 heavy (non-hydrogen) atoms. The van der Waals surface area contributed by atoms with Crippen LogP contribution in [0.1, 0.15) is 45.8 Å². The van der Waals surface area contributed by atoms with Gasteiger partial charge < -0.3 is 10.4 Å². The van der Waals surface area contributed by atoms with Gasteiger partial charge in [-0.15, -0.1) is 0 Å². The Morgan fingerprint density at radius 2 is 1.80 bits per heavy atom. The Morgan fingerprint density at radius 3 is 2.48 bits per heavy atom. The second-order valence-corrected chi connectivity index (χ2v) is 10.4. The molecule has 0 unspecified atom stereocenters. The number of benzene rings is 3. The van der Waals surface area contributed by atoms with Crippen molar-refractivity contribution in [3.63, 3.8) is 0 Å². The summed E-state index contributed by atoms with van der Waals surface area (Å²) in [5, 5.41) is 18.1. The topological polar surface area (TPSA) is 87.5 Å². The van der Waals surface area contributed by atoms with Crippen LogP contribution in [-0.4, -0.2) is 44.8 Å². The first-order valence-corrected chi connectivity index (χ1v) is 13.3. The minimum Gasteiger partial charge on any atom is -0.480 e. The molecule has 4 aromatic rings. The second kappa shape index (κ2) is 11.6. The van der Waals surface area contributed by atoms with E-state index in [0.29, 0.717) is 38.1 Å². The van der Waals surface area contributed by atoms with Crippen molar-refractivity contribution in [1.29, 1.82) is 0 Å². The maximum atomic E-state index is 13.7. The van der Waals surface area contributed by atoms with Gasteiger partial charge in [0.1, 0.15) is 5.82 Å². The van der Waals surface area contributed by atoms with E-state index in [1.165, 1.54) is 12.1 Å². The van der Waals surface area contributed by atoms with Crippen molar-refractivity contribution >= 4 is 46.7 Å². The molecule has 0 spiro atoms. The zero-order valence-electron chi connectivity index (χ0n) is 21.4. The molecule has 1 aliphatic rings. The molecule has 3 aromatic carbocycles. The van der Waals surface area contributed by atoms with E-state index < -0.39 is 11.9 Å². The highest BCUT2D eigenvalue weighted by Gasteiger charge is 2.33. The Hall–Kier alpha value is -3.98. The van der Waals surface area contributed by atoms with Crippen molar-refractivity contribution in [2.75, 3.05) is 13.1 Å². The van der Waals surface area contributed by atoms with E-state index in [0.717, 1.165) is 5.56 Å². The average molecular weight is 579 g/mol. The third-order valence-electron chi connectivity index (χ3n) is 6.63. The van der Waals surface area contributed by atoms with Crippen molar-refractivity contribution in [2.24, 2.45) is 0 Å². The van der Waals surface area contributed by atoms with Gasteiger partial charge in [0, 0.05) is 23.7 Å². The van der Waals surface area contributed by atoms with Gasteiger partial charge in [0.05, 0.1) is 29.0 Å². The average Bonchev–Trinajstić information content (AvgIpc) is 3.29. The molecule has 204 valence electrons. The van der Waals surface area contributed by atoms with Gasteiger partial charge in [0.2, 0.25) is 0 Å². The van der Waals surface area contributed by atoms with E-state index >= 15 is 0 Å². The lowest BCUT2D eigenvalue weighted by molar-refractivity contribution is -0.138. The van der Waals surface area contributed by atoms with E-state index in [4.69, 9.17) is 28.3 Å². The normalized spacial score (nSPS) is 15.1. The van der Waals surface area contributed by atoms with Crippen LogP contribution in [0.5, 0.6) is 0 Å². The number of amides is 1. The van der Waals surface area contributed by atoms with E-state index in [1.807, 2.05) is 43.3 Å². The maximum Gasteiger partial charge on any atom is 0.317 e. The fourth-order valence-corrected chi connectivity index (χ4v) is 5.29. The summed E-state index contributed by atoms with van der Waals surface area (Å²) in [6.45, 7) is 2.07. The lowest BCUT2D eigenvalue weighted by Gasteiger charge is -2.28. The Balaban J connectivity index is 1.67. The number of carbonyl (C=O) groups is 2. The van der Waals surface area contributed by atoms with E-state index in [9.17, 15) is 19.1 Å². The molecule has 0 saturated heterocycles. The molecule has 10 heteroatoms. The van der Waals surface area contributed by atoms with Crippen molar-refractivity contribution in [3.8, 4) is 5.69 Å². The molecule has 1 atom stereocenters. The number of aromatic nitrogens is 2. The van der Waals surface area contributed by atoms with Gasteiger partial charge in [-0.25, -0.2) is 9.07 Å². The van der Waals surface area contributed by atoms with Crippen molar-refractivity contribution in [1.82, 2.24) is 20.0 Å². The Bertz CT molecular complexity index is 1600. The summed E-state index contributed by atoms with van der Waals surface area (Å²) in [5.74, 6) is -1.78. The molecule has 0 saturated carbocycles. The number of carboxylic acid groups (broad SMARTS) is 1. The fraction of sp³-hybridized carbons (Fsp3) is 0.167. The third-order valence-corrected chi connectivity index (χ3v) is 7.17. The van der Waals surface area contributed by atoms with E-state index in [2.05, 4.69) is 5.32 Å². The highest BCUT2D eigenvalue weighted by Crippen LogP contribution is 2.36. The molecule has 5 rings (SSSR count). The molecule has 2 heterocycles. The lowest BCUT2D eigenvalue weighted by atomic mass is 9.97. The number of rotatable bonds is 7. The molecule has 0 aliphatic carbocycles. The van der Waals surface area contributed by atoms with Gasteiger partial charge in [-0.3, -0.25) is 14.5 Å². The Labute approximate surface area is 240 Å². The summed E-state index contributed by atoms with van der Waals surface area (Å²) in [6, 6.07) is 20.2. The summed E-state index contributed by atoms with van der Waals surface area (Å²) in [5.41, 5.74) is 4.17. The zero-order chi connectivity index (χ0) is 28.4. The summed E-state index contributed by atoms with van der Waals surface area (Å²) >= 11 is 12.7. The van der Waals surface area contributed by atoms with Crippen LogP contribution in [0.3, 0.4) is 0 Å².